The molecule has 1 aromatic rings. The first-order valence-electron chi connectivity index (χ1n) is 6.03. The molecule has 2 unspecified atom stereocenters. The molecule has 0 aliphatic rings. The summed E-state index contributed by atoms with van der Waals surface area (Å²) in [7, 11) is 1.35. The highest BCUT2D eigenvalue weighted by molar-refractivity contribution is 5.74. The van der Waals surface area contributed by atoms with E-state index in [2.05, 4.69) is 4.74 Å². The number of carbonyl (C=O) groups excluding carboxylic acids is 1. The summed E-state index contributed by atoms with van der Waals surface area (Å²) < 4.78 is 10.3. The Morgan fingerprint density at radius 2 is 2.06 bits per heavy atom. The molecule has 1 aromatic carbocycles. The second-order valence-corrected chi connectivity index (χ2v) is 4.58. The van der Waals surface area contributed by atoms with Gasteiger partial charge >= 0.3 is 5.97 Å². The second kappa shape index (κ2) is 6.40. The molecule has 0 saturated carbocycles. The molecule has 0 amide bonds. The van der Waals surface area contributed by atoms with Crippen molar-refractivity contribution in [3.63, 3.8) is 0 Å². The highest BCUT2D eigenvalue weighted by Gasteiger charge is 2.17. The van der Waals surface area contributed by atoms with Crippen LogP contribution in [0, 0.1) is 6.92 Å². The van der Waals surface area contributed by atoms with E-state index in [4.69, 9.17) is 10.5 Å². The zero-order valence-corrected chi connectivity index (χ0v) is 11.4. The third kappa shape index (κ3) is 4.04. The van der Waals surface area contributed by atoms with Gasteiger partial charge in [0, 0.05) is 6.04 Å². The van der Waals surface area contributed by atoms with Crippen molar-refractivity contribution in [1.82, 2.24) is 0 Å². The van der Waals surface area contributed by atoms with Gasteiger partial charge < -0.3 is 15.2 Å². The fraction of sp³-hybridized carbons (Fsp3) is 0.500. The van der Waals surface area contributed by atoms with Crippen molar-refractivity contribution < 1.29 is 14.3 Å². The Morgan fingerprint density at radius 3 is 2.61 bits per heavy atom. The summed E-state index contributed by atoms with van der Waals surface area (Å²) in [6.07, 6.45) is 0.0924. The van der Waals surface area contributed by atoms with Gasteiger partial charge in [0.25, 0.3) is 0 Å². The van der Waals surface area contributed by atoms with Crippen LogP contribution in [0.2, 0.25) is 0 Å². The minimum atomic E-state index is -0.621. The minimum absolute atomic E-state index is 0.0441. The molecule has 4 heteroatoms. The van der Waals surface area contributed by atoms with E-state index >= 15 is 0 Å². The Labute approximate surface area is 108 Å². The van der Waals surface area contributed by atoms with Crippen LogP contribution in [0.25, 0.3) is 0 Å². The Morgan fingerprint density at radius 1 is 1.39 bits per heavy atom. The van der Waals surface area contributed by atoms with Gasteiger partial charge in [-0.05, 0) is 38.8 Å². The number of nitrogens with two attached hydrogens (primary N) is 1. The molecule has 1 rings (SSSR count). The third-order valence-corrected chi connectivity index (χ3v) is 2.59. The molecule has 0 fully saturated rings. The molecule has 18 heavy (non-hydrogen) atoms. The Balaban J connectivity index is 2.90. The standard InChI is InChI=1S/C14H21NO3/c1-9-5-6-13(12(7-9)8-10(2)15)18-11(3)14(16)17-4/h5-7,10-11H,8,15H2,1-4H3. The molecular formula is C14H21NO3. The molecule has 4 nitrogen and oxygen atoms in total. The van der Waals surface area contributed by atoms with E-state index in [0.717, 1.165) is 11.1 Å². The average molecular weight is 251 g/mol. The van der Waals surface area contributed by atoms with Crippen molar-refractivity contribution in [2.24, 2.45) is 5.73 Å². The number of methoxy groups -OCH3 is 1. The monoisotopic (exact) mass is 251 g/mol. The van der Waals surface area contributed by atoms with Crippen LogP contribution in [0.5, 0.6) is 5.75 Å². The maximum atomic E-state index is 11.3. The van der Waals surface area contributed by atoms with Crippen LogP contribution < -0.4 is 10.5 Å². The molecule has 0 aromatic heterocycles. The number of carbonyl (C=O) groups is 1. The van der Waals surface area contributed by atoms with Crippen molar-refractivity contribution in [2.45, 2.75) is 39.3 Å². The van der Waals surface area contributed by atoms with Crippen LogP contribution in [0.4, 0.5) is 0 Å². The summed E-state index contributed by atoms with van der Waals surface area (Å²) in [5, 5.41) is 0. The van der Waals surface area contributed by atoms with Crippen molar-refractivity contribution >= 4 is 5.97 Å². The van der Waals surface area contributed by atoms with Gasteiger partial charge in [-0.3, -0.25) is 0 Å². The van der Waals surface area contributed by atoms with Crippen molar-refractivity contribution in [1.29, 1.82) is 0 Å². The zero-order valence-electron chi connectivity index (χ0n) is 11.4. The fourth-order valence-corrected chi connectivity index (χ4v) is 1.73. The average Bonchev–Trinajstić information content (AvgIpc) is 2.30. The van der Waals surface area contributed by atoms with Crippen molar-refractivity contribution in [3.8, 4) is 5.75 Å². The second-order valence-electron chi connectivity index (χ2n) is 4.58. The largest absolute Gasteiger partial charge is 0.479 e. The molecule has 2 N–H and O–H groups in total. The quantitative estimate of drug-likeness (QED) is 0.811. The first-order chi connectivity index (χ1) is 8.43. The molecule has 0 heterocycles. The SMILES string of the molecule is COC(=O)C(C)Oc1ccc(C)cc1CC(C)N. The van der Waals surface area contributed by atoms with Gasteiger partial charge in [0.2, 0.25) is 0 Å². The number of aryl methyl sites for hydroxylation is 1. The number of ether oxygens (including phenoxy) is 2. The summed E-state index contributed by atoms with van der Waals surface area (Å²) in [5.74, 6) is 0.304. The van der Waals surface area contributed by atoms with E-state index in [9.17, 15) is 4.79 Å². The molecular weight excluding hydrogens is 230 g/mol. The third-order valence-electron chi connectivity index (χ3n) is 2.59. The first-order valence-corrected chi connectivity index (χ1v) is 6.03. The van der Waals surface area contributed by atoms with E-state index in [1.54, 1.807) is 6.92 Å². The zero-order chi connectivity index (χ0) is 13.7. The van der Waals surface area contributed by atoms with Gasteiger partial charge in [-0.2, -0.15) is 0 Å². The number of hydrogen-bond donors (Lipinski definition) is 1. The van der Waals surface area contributed by atoms with E-state index in [0.29, 0.717) is 12.2 Å². The van der Waals surface area contributed by atoms with Crippen LogP contribution in [-0.2, 0) is 16.0 Å². The Hall–Kier alpha value is -1.55. The predicted octanol–water partition coefficient (Wildman–Crippen LogP) is 1.83. The molecule has 0 aliphatic carbocycles. The summed E-state index contributed by atoms with van der Waals surface area (Å²) >= 11 is 0. The van der Waals surface area contributed by atoms with Gasteiger partial charge in [-0.25, -0.2) is 4.79 Å². The fourth-order valence-electron chi connectivity index (χ4n) is 1.73. The summed E-state index contributed by atoms with van der Waals surface area (Å²) in [6.45, 7) is 5.62. The van der Waals surface area contributed by atoms with Crippen molar-refractivity contribution in [2.75, 3.05) is 7.11 Å². The van der Waals surface area contributed by atoms with Gasteiger partial charge in [0.15, 0.2) is 6.10 Å². The molecule has 100 valence electrons. The maximum Gasteiger partial charge on any atom is 0.346 e. The number of rotatable bonds is 5. The molecule has 0 spiro atoms. The highest BCUT2D eigenvalue weighted by Crippen LogP contribution is 2.22. The van der Waals surface area contributed by atoms with Gasteiger partial charge in [0.1, 0.15) is 5.75 Å². The molecule has 0 saturated heterocycles. The van der Waals surface area contributed by atoms with E-state index in [-0.39, 0.29) is 12.0 Å². The molecule has 0 radical (unpaired) electrons. The number of hydrogen-bond acceptors (Lipinski definition) is 4. The lowest BCUT2D eigenvalue weighted by Crippen LogP contribution is -2.26. The topological polar surface area (TPSA) is 61.5 Å². The first kappa shape index (κ1) is 14.5. The number of esters is 1. The lowest BCUT2D eigenvalue weighted by atomic mass is 10.0. The van der Waals surface area contributed by atoms with Gasteiger partial charge in [-0.1, -0.05) is 17.7 Å². The van der Waals surface area contributed by atoms with Gasteiger partial charge in [0.05, 0.1) is 7.11 Å². The highest BCUT2D eigenvalue weighted by atomic mass is 16.6. The van der Waals surface area contributed by atoms with Crippen LogP contribution in [0.15, 0.2) is 18.2 Å². The van der Waals surface area contributed by atoms with Crippen LogP contribution >= 0.6 is 0 Å². The predicted molar refractivity (Wildman–Crippen MR) is 70.6 cm³/mol. The van der Waals surface area contributed by atoms with E-state index in [1.807, 2.05) is 32.0 Å². The normalized spacial score (nSPS) is 13.8. The summed E-state index contributed by atoms with van der Waals surface area (Å²) in [5.41, 5.74) is 7.97. The van der Waals surface area contributed by atoms with Crippen LogP contribution in [-0.4, -0.2) is 25.2 Å². The van der Waals surface area contributed by atoms with E-state index < -0.39 is 6.10 Å². The minimum Gasteiger partial charge on any atom is -0.479 e. The lowest BCUT2D eigenvalue weighted by Gasteiger charge is -2.17. The maximum absolute atomic E-state index is 11.3. The Kier molecular flexibility index (Phi) is 5.16. The Bertz CT molecular complexity index is 416. The number of benzene rings is 1. The molecule has 0 bridgehead atoms. The van der Waals surface area contributed by atoms with Crippen LogP contribution in [0.3, 0.4) is 0 Å². The van der Waals surface area contributed by atoms with E-state index in [1.165, 1.54) is 7.11 Å². The summed E-state index contributed by atoms with van der Waals surface area (Å²) in [4.78, 5) is 11.3. The molecule has 0 aliphatic heterocycles. The van der Waals surface area contributed by atoms with Crippen LogP contribution in [0.1, 0.15) is 25.0 Å². The molecule has 2 atom stereocenters. The van der Waals surface area contributed by atoms with Crippen molar-refractivity contribution in [3.05, 3.63) is 29.3 Å². The van der Waals surface area contributed by atoms with Gasteiger partial charge in [-0.15, -0.1) is 0 Å². The summed E-state index contributed by atoms with van der Waals surface area (Å²) in [6, 6.07) is 5.89. The smallest absolute Gasteiger partial charge is 0.346 e. The lowest BCUT2D eigenvalue weighted by molar-refractivity contribution is -0.147.